The minimum atomic E-state index is -0.318. The van der Waals surface area contributed by atoms with Crippen molar-refractivity contribution in [3.8, 4) is 11.5 Å². The summed E-state index contributed by atoms with van der Waals surface area (Å²) in [6.45, 7) is 3.10. The van der Waals surface area contributed by atoms with Gasteiger partial charge in [0.05, 0.1) is 5.52 Å². The van der Waals surface area contributed by atoms with E-state index >= 15 is 0 Å². The number of aromatic hydroxyl groups is 1. The van der Waals surface area contributed by atoms with E-state index in [1.54, 1.807) is 18.2 Å². The van der Waals surface area contributed by atoms with Gasteiger partial charge in [0.15, 0.2) is 0 Å². The highest BCUT2D eigenvalue weighted by atomic mass is 19.1. The Kier molecular flexibility index (Phi) is 3.52. The Hall–Kier alpha value is -2.49. The zero-order valence-corrected chi connectivity index (χ0v) is 11.7. The third kappa shape index (κ3) is 2.57. The van der Waals surface area contributed by atoms with Gasteiger partial charge in [-0.05, 0) is 25.1 Å². The van der Waals surface area contributed by atoms with E-state index in [9.17, 15) is 9.50 Å². The summed E-state index contributed by atoms with van der Waals surface area (Å²) < 4.78 is 20.8. The molecule has 0 unspecified atom stereocenters. The van der Waals surface area contributed by atoms with Gasteiger partial charge in [-0.2, -0.15) is 0 Å². The average Bonchev–Trinajstić information content (AvgIpc) is 2.85. The van der Waals surface area contributed by atoms with Crippen molar-refractivity contribution in [3.63, 3.8) is 0 Å². The van der Waals surface area contributed by atoms with Crippen molar-refractivity contribution in [2.24, 2.45) is 0 Å². The molecular weight excluding hydrogens is 269 g/mol. The lowest BCUT2D eigenvalue weighted by atomic mass is 10.2. The maximum atomic E-state index is 13.1. The number of phenols is 1. The van der Waals surface area contributed by atoms with Gasteiger partial charge in [-0.3, -0.25) is 0 Å². The highest BCUT2D eigenvalue weighted by molar-refractivity contribution is 5.88. The fourth-order valence-electron chi connectivity index (χ4n) is 2.50. The molecule has 0 fully saturated rings. The van der Waals surface area contributed by atoms with Crippen LogP contribution in [0.25, 0.3) is 10.9 Å². The summed E-state index contributed by atoms with van der Waals surface area (Å²) in [6, 6.07) is 11.5. The zero-order chi connectivity index (χ0) is 14.8. The number of benzene rings is 2. The number of halogens is 1. The molecule has 21 heavy (non-hydrogen) atoms. The molecule has 0 spiro atoms. The van der Waals surface area contributed by atoms with Gasteiger partial charge in [0.1, 0.15) is 23.9 Å². The van der Waals surface area contributed by atoms with Crippen molar-refractivity contribution < 1.29 is 14.2 Å². The molecule has 1 heterocycles. The largest absolute Gasteiger partial charge is 0.506 e. The van der Waals surface area contributed by atoms with E-state index in [2.05, 4.69) is 0 Å². The van der Waals surface area contributed by atoms with Gasteiger partial charge in [-0.1, -0.05) is 18.2 Å². The van der Waals surface area contributed by atoms with Crippen molar-refractivity contribution in [2.45, 2.75) is 20.1 Å². The Balaban J connectivity index is 1.92. The smallest absolute Gasteiger partial charge is 0.139 e. The highest BCUT2D eigenvalue weighted by Gasteiger charge is 2.11. The lowest BCUT2D eigenvalue weighted by Crippen LogP contribution is -1.95. The third-order valence-corrected chi connectivity index (χ3v) is 3.49. The summed E-state index contributed by atoms with van der Waals surface area (Å²) >= 11 is 0. The topological polar surface area (TPSA) is 34.4 Å². The number of nitrogens with zero attached hydrogens (tertiary/aromatic N) is 1. The maximum absolute atomic E-state index is 13.1. The van der Waals surface area contributed by atoms with Gasteiger partial charge in [-0.25, -0.2) is 4.39 Å². The van der Waals surface area contributed by atoms with Gasteiger partial charge in [0.2, 0.25) is 0 Å². The second kappa shape index (κ2) is 5.48. The molecule has 0 radical (unpaired) electrons. The molecule has 3 aromatic rings. The quantitative estimate of drug-likeness (QED) is 0.783. The maximum Gasteiger partial charge on any atom is 0.139 e. The van der Waals surface area contributed by atoms with Gasteiger partial charge >= 0.3 is 0 Å². The predicted molar refractivity (Wildman–Crippen MR) is 80.0 cm³/mol. The normalized spacial score (nSPS) is 11.0. The van der Waals surface area contributed by atoms with Gasteiger partial charge in [0.25, 0.3) is 0 Å². The second-order valence-corrected chi connectivity index (χ2v) is 4.86. The molecule has 3 rings (SSSR count). The van der Waals surface area contributed by atoms with Crippen LogP contribution in [0, 0.1) is 5.82 Å². The van der Waals surface area contributed by atoms with Crippen LogP contribution in [0.3, 0.4) is 0 Å². The van der Waals surface area contributed by atoms with Crippen molar-refractivity contribution >= 4 is 10.9 Å². The first-order valence-corrected chi connectivity index (χ1v) is 6.87. The first kappa shape index (κ1) is 13.5. The Morgan fingerprint density at radius 2 is 2.00 bits per heavy atom. The minimum absolute atomic E-state index is 0.256. The molecule has 0 atom stereocenters. The average molecular weight is 285 g/mol. The molecule has 0 saturated heterocycles. The summed E-state index contributed by atoms with van der Waals surface area (Å²) in [7, 11) is 0. The number of aryl methyl sites for hydroxylation is 1. The Morgan fingerprint density at radius 3 is 2.76 bits per heavy atom. The number of rotatable bonds is 4. The molecule has 0 aliphatic heterocycles. The molecule has 1 N–H and O–H groups in total. The Labute approximate surface area is 122 Å². The first-order valence-electron chi connectivity index (χ1n) is 6.87. The van der Waals surface area contributed by atoms with E-state index in [0.717, 1.165) is 23.0 Å². The first-order chi connectivity index (χ1) is 10.2. The number of hydrogen-bond acceptors (Lipinski definition) is 2. The third-order valence-electron chi connectivity index (χ3n) is 3.49. The lowest BCUT2D eigenvalue weighted by molar-refractivity contribution is 0.305. The summed E-state index contributed by atoms with van der Waals surface area (Å²) in [5.74, 6) is 0.431. The van der Waals surface area contributed by atoms with Gasteiger partial charge in [0, 0.05) is 29.8 Å². The molecule has 0 aliphatic carbocycles. The van der Waals surface area contributed by atoms with Crippen LogP contribution in [0.1, 0.15) is 12.5 Å². The van der Waals surface area contributed by atoms with Crippen LogP contribution in [0.2, 0.25) is 0 Å². The molecule has 4 heteroatoms. The van der Waals surface area contributed by atoms with E-state index in [0.29, 0.717) is 12.4 Å². The van der Waals surface area contributed by atoms with E-state index in [-0.39, 0.29) is 11.6 Å². The van der Waals surface area contributed by atoms with Crippen molar-refractivity contribution in [2.75, 3.05) is 0 Å². The Bertz CT molecular complexity index is 780. The second-order valence-electron chi connectivity index (χ2n) is 4.86. The summed E-state index contributed by atoms with van der Waals surface area (Å²) in [4.78, 5) is 0. The summed E-state index contributed by atoms with van der Waals surface area (Å²) in [5.41, 5.74) is 1.77. The molecule has 108 valence electrons. The molecule has 0 bridgehead atoms. The molecule has 3 nitrogen and oxygen atoms in total. The van der Waals surface area contributed by atoms with E-state index < -0.39 is 0 Å². The zero-order valence-electron chi connectivity index (χ0n) is 11.7. The minimum Gasteiger partial charge on any atom is -0.506 e. The molecular formula is C17H16FNO2. The summed E-state index contributed by atoms with van der Waals surface area (Å²) in [6.07, 6.45) is 1.96. The van der Waals surface area contributed by atoms with Crippen LogP contribution >= 0.6 is 0 Å². The number of hydrogen-bond donors (Lipinski definition) is 1. The van der Waals surface area contributed by atoms with Crippen molar-refractivity contribution in [3.05, 3.63) is 60.0 Å². The highest BCUT2D eigenvalue weighted by Crippen LogP contribution is 2.29. The van der Waals surface area contributed by atoms with Crippen LogP contribution < -0.4 is 4.74 Å². The van der Waals surface area contributed by atoms with Crippen LogP contribution in [-0.4, -0.2) is 9.67 Å². The van der Waals surface area contributed by atoms with Crippen LogP contribution in [0.15, 0.2) is 48.7 Å². The monoisotopic (exact) mass is 285 g/mol. The molecule has 0 amide bonds. The van der Waals surface area contributed by atoms with Gasteiger partial charge in [-0.15, -0.1) is 0 Å². The van der Waals surface area contributed by atoms with Crippen molar-refractivity contribution in [1.82, 2.24) is 4.57 Å². The number of ether oxygens (including phenoxy) is 1. The predicted octanol–water partition coefficient (Wildman–Crippen LogP) is 4.08. The molecule has 0 saturated carbocycles. The number of fused-ring (bicyclic) bond motifs is 1. The molecule has 2 aromatic carbocycles. The van der Waals surface area contributed by atoms with Crippen molar-refractivity contribution in [1.29, 1.82) is 0 Å². The van der Waals surface area contributed by atoms with E-state index in [4.69, 9.17) is 4.74 Å². The van der Waals surface area contributed by atoms with E-state index in [1.807, 2.05) is 29.8 Å². The van der Waals surface area contributed by atoms with Crippen LogP contribution in [0.4, 0.5) is 4.39 Å². The standard InChI is InChI=1S/C17H16FNO2/c1-2-19-10-12(15-7-4-8-16(20)17(15)19)11-21-14-6-3-5-13(18)9-14/h3-10,20H,2,11H2,1H3. The Morgan fingerprint density at radius 1 is 1.19 bits per heavy atom. The number of aromatic nitrogens is 1. The van der Waals surface area contributed by atoms with Gasteiger partial charge < -0.3 is 14.4 Å². The van der Waals surface area contributed by atoms with E-state index in [1.165, 1.54) is 12.1 Å². The number of para-hydroxylation sites is 1. The SMILES string of the molecule is CCn1cc(COc2cccc(F)c2)c2cccc(O)c21. The fraction of sp³-hybridized carbons (Fsp3) is 0.176. The van der Waals surface area contributed by atoms with Crippen LogP contribution in [0.5, 0.6) is 11.5 Å². The lowest BCUT2D eigenvalue weighted by Gasteiger charge is -2.05. The molecule has 1 aromatic heterocycles. The molecule has 0 aliphatic rings. The van der Waals surface area contributed by atoms with Crippen LogP contribution in [-0.2, 0) is 13.2 Å². The number of phenolic OH excluding ortho intramolecular Hbond substituents is 1. The fourth-order valence-corrected chi connectivity index (χ4v) is 2.50. The summed E-state index contributed by atoms with van der Waals surface area (Å²) in [5, 5.41) is 11.0.